The van der Waals surface area contributed by atoms with Crippen molar-refractivity contribution in [1.82, 2.24) is 10.5 Å². The molecule has 2 heterocycles. The maximum atomic E-state index is 12.8. The summed E-state index contributed by atoms with van der Waals surface area (Å²) in [4.78, 5) is 13.1. The molecule has 5 nitrogen and oxygen atoms in total. The number of rotatable bonds is 4. The molecular formula is C15H12FN3O2S. The maximum Gasteiger partial charge on any atom is 0.259 e. The first-order chi connectivity index (χ1) is 10.6. The van der Waals surface area contributed by atoms with Crippen LogP contribution in [0.2, 0.25) is 0 Å². The van der Waals surface area contributed by atoms with E-state index in [0.29, 0.717) is 5.69 Å². The van der Waals surface area contributed by atoms with Gasteiger partial charge in [0.05, 0.1) is 4.88 Å². The summed E-state index contributed by atoms with van der Waals surface area (Å²) in [5.74, 6) is -0.732. The van der Waals surface area contributed by atoms with Crippen molar-refractivity contribution in [1.29, 1.82) is 0 Å². The molecule has 1 aromatic carbocycles. The standard InChI is InChI=1S/C15H12FN3O2S/c16-10-5-3-9(4-6-10)8-18-15(20)12-13(19-21-14(12)17)11-2-1-7-22-11/h1-7H,8,17H2,(H,18,20). The molecule has 0 radical (unpaired) electrons. The molecule has 2 aromatic heterocycles. The van der Waals surface area contributed by atoms with Gasteiger partial charge >= 0.3 is 0 Å². The van der Waals surface area contributed by atoms with Gasteiger partial charge in [0.1, 0.15) is 17.1 Å². The highest BCUT2D eigenvalue weighted by Crippen LogP contribution is 2.30. The summed E-state index contributed by atoms with van der Waals surface area (Å²) in [6.45, 7) is 0.258. The van der Waals surface area contributed by atoms with Gasteiger partial charge in [0.15, 0.2) is 0 Å². The summed E-state index contributed by atoms with van der Waals surface area (Å²) in [5, 5.41) is 8.45. The van der Waals surface area contributed by atoms with Gasteiger partial charge in [-0.3, -0.25) is 4.79 Å². The number of nitrogens with two attached hydrogens (primary N) is 1. The summed E-state index contributed by atoms with van der Waals surface area (Å²) in [6.07, 6.45) is 0. The van der Waals surface area contributed by atoms with Crippen molar-refractivity contribution < 1.29 is 13.7 Å². The highest BCUT2D eigenvalue weighted by molar-refractivity contribution is 7.13. The van der Waals surface area contributed by atoms with Gasteiger partial charge < -0.3 is 15.6 Å². The SMILES string of the molecule is Nc1onc(-c2cccs2)c1C(=O)NCc1ccc(F)cc1. The number of hydrogen-bond acceptors (Lipinski definition) is 5. The zero-order valence-electron chi connectivity index (χ0n) is 11.4. The van der Waals surface area contributed by atoms with E-state index < -0.39 is 0 Å². The van der Waals surface area contributed by atoms with E-state index >= 15 is 0 Å². The van der Waals surface area contributed by atoms with E-state index in [-0.39, 0.29) is 29.7 Å². The molecule has 112 valence electrons. The number of benzene rings is 1. The number of halogens is 1. The van der Waals surface area contributed by atoms with E-state index in [4.69, 9.17) is 10.3 Å². The Kier molecular flexibility index (Phi) is 3.88. The molecule has 7 heteroatoms. The third kappa shape index (κ3) is 2.84. The lowest BCUT2D eigenvalue weighted by atomic mass is 10.1. The molecular weight excluding hydrogens is 305 g/mol. The van der Waals surface area contributed by atoms with Crippen molar-refractivity contribution in [2.45, 2.75) is 6.54 Å². The van der Waals surface area contributed by atoms with Gasteiger partial charge in [-0.2, -0.15) is 0 Å². The second-order valence-corrected chi connectivity index (χ2v) is 5.50. The van der Waals surface area contributed by atoms with E-state index in [2.05, 4.69) is 10.5 Å². The number of anilines is 1. The summed E-state index contributed by atoms with van der Waals surface area (Å²) in [5.41, 5.74) is 7.12. The van der Waals surface area contributed by atoms with Gasteiger partial charge in [0.25, 0.3) is 5.91 Å². The number of hydrogen-bond donors (Lipinski definition) is 2. The molecule has 0 saturated heterocycles. The lowest BCUT2D eigenvalue weighted by Gasteiger charge is -2.05. The molecule has 0 aliphatic carbocycles. The minimum atomic E-state index is -0.383. The van der Waals surface area contributed by atoms with Crippen LogP contribution in [0, 0.1) is 5.82 Å². The number of nitrogens with zero attached hydrogens (tertiary/aromatic N) is 1. The fraction of sp³-hybridized carbons (Fsp3) is 0.0667. The van der Waals surface area contributed by atoms with Crippen LogP contribution in [0.4, 0.5) is 10.3 Å². The van der Waals surface area contributed by atoms with Crippen molar-refractivity contribution in [3.63, 3.8) is 0 Å². The Labute approximate surface area is 129 Å². The molecule has 0 saturated carbocycles. The van der Waals surface area contributed by atoms with E-state index in [1.54, 1.807) is 12.1 Å². The molecule has 22 heavy (non-hydrogen) atoms. The minimum Gasteiger partial charge on any atom is -0.367 e. The average Bonchev–Trinajstić information content (AvgIpc) is 3.15. The molecule has 0 unspecified atom stereocenters. The number of nitrogens with one attached hydrogen (secondary N) is 1. The number of carbonyl (C=O) groups excluding carboxylic acids is 1. The molecule has 0 fully saturated rings. The van der Waals surface area contributed by atoms with Crippen LogP contribution in [0.25, 0.3) is 10.6 Å². The van der Waals surface area contributed by atoms with Crippen LogP contribution >= 0.6 is 11.3 Å². The largest absolute Gasteiger partial charge is 0.367 e. The Morgan fingerprint density at radius 1 is 1.32 bits per heavy atom. The van der Waals surface area contributed by atoms with Gasteiger partial charge in [0, 0.05) is 6.54 Å². The Bertz CT molecular complexity index is 782. The molecule has 0 bridgehead atoms. The van der Waals surface area contributed by atoms with Gasteiger partial charge in [-0.1, -0.05) is 23.4 Å². The third-order valence-electron chi connectivity index (χ3n) is 3.07. The van der Waals surface area contributed by atoms with Crippen LogP contribution in [0.1, 0.15) is 15.9 Å². The monoisotopic (exact) mass is 317 g/mol. The van der Waals surface area contributed by atoms with Crippen LogP contribution in [0.15, 0.2) is 46.3 Å². The first-order valence-corrected chi connectivity index (χ1v) is 7.35. The van der Waals surface area contributed by atoms with Crippen molar-refractivity contribution in [2.24, 2.45) is 0 Å². The lowest BCUT2D eigenvalue weighted by molar-refractivity contribution is 0.0952. The molecule has 0 atom stereocenters. The van der Waals surface area contributed by atoms with E-state index in [1.165, 1.54) is 23.5 Å². The van der Waals surface area contributed by atoms with Crippen molar-refractivity contribution in [2.75, 3.05) is 5.73 Å². The molecule has 0 aliphatic rings. The van der Waals surface area contributed by atoms with Crippen molar-refractivity contribution >= 4 is 23.1 Å². The number of nitrogen functional groups attached to an aromatic ring is 1. The van der Waals surface area contributed by atoms with Gasteiger partial charge in [-0.15, -0.1) is 11.3 Å². The average molecular weight is 317 g/mol. The molecule has 3 aromatic rings. The van der Waals surface area contributed by atoms with E-state index in [0.717, 1.165) is 10.4 Å². The summed E-state index contributed by atoms with van der Waals surface area (Å²) < 4.78 is 17.8. The van der Waals surface area contributed by atoms with Gasteiger partial charge in [0.2, 0.25) is 5.88 Å². The van der Waals surface area contributed by atoms with Gasteiger partial charge in [-0.25, -0.2) is 4.39 Å². The maximum absolute atomic E-state index is 12.8. The van der Waals surface area contributed by atoms with E-state index in [9.17, 15) is 9.18 Å². The Hall–Kier alpha value is -2.67. The fourth-order valence-electron chi connectivity index (χ4n) is 1.98. The Morgan fingerprint density at radius 2 is 2.09 bits per heavy atom. The normalized spacial score (nSPS) is 10.6. The molecule has 0 aliphatic heterocycles. The third-order valence-corrected chi connectivity index (χ3v) is 3.94. The fourth-order valence-corrected chi connectivity index (χ4v) is 2.69. The van der Waals surface area contributed by atoms with Crippen LogP contribution in [0.5, 0.6) is 0 Å². The zero-order valence-corrected chi connectivity index (χ0v) is 12.2. The predicted octanol–water partition coefficient (Wildman–Crippen LogP) is 3.05. The van der Waals surface area contributed by atoms with E-state index in [1.807, 2.05) is 17.5 Å². The van der Waals surface area contributed by atoms with Crippen LogP contribution < -0.4 is 11.1 Å². The summed E-state index contributed by atoms with van der Waals surface area (Å²) in [7, 11) is 0. The van der Waals surface area contributed by atoms with Crippen LogP contribution in [0.3, 0.4) is 0 Å². The topological polar surface area (TPSA) is 81.2 Å². The summed E-state index contributed by atoms with van der Waals surface area (Å²) >= 11 is 1.44. The zero-order chi connectivity index (χ0) is 15.5. The van der Waals surface area contributed by atoms with Gasteiger partial charge in [-0.05, 0) is 29.1 Å². The first kappa shape index (κ1) is 14.3. The number of carbonyl (C=O) groups is 1. The molecule has 1 amide bonds. The van der Waals surface area contributed by atoms with Crippen LogP contribution in [-0.2, 0) is 6.54 Å². The first-order valence-electron chi connectivity index (χ1n) is 6.47. The molecule has 3 rings (SSSR count). The Balaban J connectivity index is 1.78. The Morgan fingerprint density at radius 3 is 2.77 bits per heavy atom. The second-order valence-electron chi connectivity index (χ2n) is 4.56. The highest BCUT2D eigenvalue weighted by atomic mass is 32.1. The lowest BCUT2D eigenvalue weighted by Crippen LogP contribution is -2.23. The number of thiophene rings is 1. The molecule has 0 spiro atoms. The summed E-state index contributed by atoms with van der Waals surface area (Å²) in [6, 6.07) is 9.57. The second kappa shape index (κ2) is 5.98. The minimum absolute atomic E-state index is 0.0278. The van der Waals surface area contributed by atoms with Crippen molar-refractivity contribution in [3.05, 3.63) is 58.7 Å². The van der Waals surface area contributed by atoms with Crippen molar-refractivity contribution in [3.8, 4) is 10.6 Å². The number of aromatic nitrogens is 1. The smallest absolute Gasteiger partial charge is 0.259 e. The number of amides is 1. The molecule has 3 N–H and O–H groups in total. The van der Waals surface area contributed by atoms with Crippen LogP contribution in [-0.4, -0.2) is 11.1 Å². The quantitative estimate of drug-likeness (QED) is 0.775. The highest BCUT2D eigenvalue weighted by Gasteiger charge is 2.22. The predicted molar refractivity (Wildman–Crippen MR) is 81.8 cm³/mol.